The summed E-state index contributed by atoms with van der Waals surface area (Å²) in [5, 5.41) is 7.48. The number of amides is 1. The predicted octanol–water partition coefficient (Wildman–Crippen LogP) is 5.05. The molecule has 1 fully saturated rings. The van der Waals surface area contributed by atoms with Gasteiger partial charge in [0, 0.05) is 29.7 Å². The Morgan fingerprint density at radius 3 is 2.79 bits per heavy atom. The number of H-pyrrole nitrogens is 1. The Morgan fingerprint density at radius 1 is 1.12 bits per heavy atom. The molecule has 34 heavy (non-hydrogen) atoms. The second-order valence-electron chi connectivity index (χ2n) is 9.04. The van der Waals surface area contributed by atoms with Crippen LogP contribution in [-0.4, -0.2) is 29.6 Å². The number of para-hydroxylation sites is 1. The summed E-state index contributed by atoms with van der Waals surface area (Å²) in [6.07, 6.45) is 6.69. The molecule has 2 heterocycles. The Labute approximate surface area is 202 Å². The Morgan fingerprint density at radius 2 is 1.97 bits per heavy atom. The highest BCUT2D eigenvalue weighted by atomic mass is 16.5. The first-order valence-electron chi connectivity index (χ1n) is 12.5. The molecule has 3 aromatic rings. The van der Waals surface area contributed by atoms with Gasteiger partial charge in [0.05, 0.1) is 25.3 Å². The normalized spacial score (nSPS) is 17.4. The molecule has 0 unspecified atom stereocenters. The van der Waals surface area contributed by atoms with Gasteiger partial charge in [-0.3, -0.25) is 4.79 Å². The van der Waals surface area contributed by atoms with Gasteiger partial charge in [0.25, 0.3) is 0 Å². The van der Waals surface area contributed by atoms with Crippen molar-refractivity contribution in [2.75, 3.05) is 6.54 Å². The number of rotatable bonds is 10. The van der Waals surface area contributed by atoms with Gasteiger partial charge < -0.3 is 20.4 Å². The first kappa shape index (κ1) is 24.1. The van der Waals surface area contributed by atoms with Gasteiger partial charge in [-0.05, 0) is 48.1 Å². The van der Waals surface area contributed by atoms with Gasteiger partial charge >= 0.3 is 0 Å². The van der Waals surface area contributed by atoms with Gasteiger partial charge in [-0.15, -0.1) is 0 Å². The summed E-state index contributed by atoms with van der Waals surface area (Å²) >= 11 is 0. The van der Waals surface area contributed by atoms with Crippen LogP contribution in [0.25, 0.3) is 10.9 Å². The number of aromatic amines is 1. The number of ether oxygens (including phenoxy) is 1. The van der Waals surface area contributed by atoms with Gasteiger partial charge in [-0.2, -0.15) is 0 Å². The van der Waals surface area contributed by atoms with E-state index in [0.29, 0.717) is 26.1 Å². The molecular weight excluding hydrogens is 422 g/mol. The molecule has 3 N–H and O–H groups in total. The van der Waals surface area contributed by atoms with Crippen LogP contribution in [0.2, 0.25) is 0 Å². The van der Waals surface area contributed by atoms with Crippen LogP contribution < -0.4 is 10.6 Å². The zero-order valence-electron chi connectivity index (χ0n) is 20.0. The molecule has 0 spiro atoms. The van der Waals surface area contributed by atoms with Crippen molar-refractivity contribution in [1.29, 1.82) is 0 Å². The molecule has 0 aliphatic carbocycles. The average molecular weight is 458 g/mol. The molecule has 0 saturated carbocycles. The minimum atomic E-state index is -0.218. The molecule has 1 saturated heterocycles. The van der Waals surface area contributed by atoms with Crippen molar-refractivity contribution in [2.24, 2.45) is 0 Å². The van der Waals surface area contributed by atoms with E-state index in [1.807, 2.05) is 18.2 Å². The number of fused-ring (bicyclic) bond motifs is 1. The quantitative estimate of drug-likeness (QED) is 0.295. The standard InChI is InChI=1S/C29H35N3O2/c1-2-3-4-5-6-7-10-22-13-15-23(16-14-22)21-34-26-18-28(30-20-26)29(33)31-19-25-17-24-11-8-9-12-27(24)32-25/h8-9,11-17,26,28,30,32H,2-6,18-21H2,1H3,(H,31,33)/t26-,28+/m1/s1. The summed E-state index contributed by atoms with van der Waals surface area (Å²) in [5.41, 5.74) is 4.26. The fourth-order valence-electron chi connectivity index (χ4n) is 4.27. The van der Waals surface area contributed by atoms with E-state index in [0.717, 1.165) is 34.1 Å². The molecule has 1 aliphatic heterocycles. The minimum Gasteiger partial charge on any atom is -0.372 e. The van der Waals surface area contributed by atoms with Gasteiger partial charge in [0.1, 0.15) is 0 Å². The molecule has 1 aliphatic rings. The lowest BCUT2D eigenvalue weighted by Gasteiger charge is -2.12. The molecule has 2 atom stereocenters. The second kappa shape index (κ2) is 12.4. The van der Waals surface area contributed by atoms with E-state index in [9.17, 15) is 4.79 Å². The van der Waals surface area contributed by atoms with Crippen LogP contribution in [0.3, 0.4) is 0 Å². The zero-order valence-corrected chi connectivity index (χ0v) is 20.0. The topological polar surface area (TPSA) is 66.2 Å². The molecule has 0 radical (unpaired) electrons. The summed E-state index contributed by atoms with van der Waals surface area (Å²) < 4.78 is 6.06. The van der Waals surface area contributed by atoms with Gasteiger partial charge in [-0.25, -0.2) is 0 Å². The van der Waals surface area contributed by atoms with Crippen molar-refractivity contribution >= 4 is 16.8 Å². The summed E-state index contributed by atoms with van der Waals surface area (Å²) in [7, 11) is 0. The number of nitrogens with one attached hydrogen (secondary N) is 3. The summed E-state index contributed by atoms with van der Waals surface area (Å²) in [6, 6.07) is 18.3. The van der Waals surface area contributed by atoms with Gasteiger partial charge in [-0.1, -0.05) is 68.4 Å². The molecule has 2 aromatic carbocycles. The summed E-state index contributed by atoms with van der Waals surface area (Å²) in [4.78, 5) is 15.9. The fraction of sp³-hybridized carbons (Fsp3) is 0.414. The molecule has 5 heteroatoms. The smallest absolute Gasteiger partial charge is 0.237 e. The van der Waals surface area contributed by atoms with Crippen LogP contribution in [0.4, 0.5) is 0 Å². The third-order valence-electron chi connectivity index (χ3n) is 6.27. The van der Waals surface area contributed by atoms with E-state index >= 15 is 0 Å². The highest BCUT2D eigenvalue weighted by Gasteiger charge is 2.29. The Bertz CT molecular complexity index is 1090. The largest absolute Gasteiger partial charge is 0.372 e. The highest BCUT2D eigenvalue weighted by molar-refractivity contribution is 5.83. The first-order chi connectivity index (χ1) is 16.7. The fourth-order valence-corrected chi connectivity index (χ4v) is 4.27. The summed E-state index contributed by atoms with van der Waals surface area (Å²) in [6.45, 7) is 3.94. The monoisotopic (exact) mass is 457 g/mol. The lowest BCUT2D eigenvalue weighted by atomic mass is 10.1. The predicted molar refractivity (Wildman–Crippen MR) is 137 cm³/mol. The molecule has 5 nitrogen and oxygen atoms in total. The second-order valence-corrected chi connectivity index (χ2v) is 9.04. The highest BCUT2D eigenvalue weighted by Crippen LogP contribution is 2.16. The Kier molecular flexibility index (Phi) is 8.78. The van der Waals surface area contributed by atoms with Crippen LogP contribution in [0.1, 0.15) is 62.3 Å². The zero-order chi connectivity index (χ0) is 23.6. The van der Waals surface area contributed by atoms with Crippen molar-refractivity contribution in [2.45, 2.75) is 70.7 Å². The van der Waals surface area contributed by atoms with Crippen molar-refractivity contribution < 1.29 is 9.53 Å². The van der Waals surface area contributed by atoms with Crippen LogP contribution in [0.5, 0.6) is 0 Å². The Hall–Kier alpha value is -3.07. The SMILES string of the molecule is CCCCCCC#Cc1ccc(CO[C@H]2CN[C@H](C(=O)NCc3cc4ccccc4[nH]3)C2)cc1. The molecular formula is C29H35N3O2. The maximum atomic E-state index is 12.6. The Balaban J connectivity index is 1.16. The van der Waals surface area contributed by atoms with Crippen molar-refractivity contribution in [3.05, 3.63) is 71.4 Å². The third kappa shape index (κ3) is 6.96. The van der Waals surface area contributed by atoms with Crippen LogP contribution in [-0.2, 0) is 22.7 Å². The molecule has 0 bridgehead atoms. The van der Waals surface area contributed by atoms with Gasteiger partial charge in [0.15, 0.2) is 0 Å². The lowest BCUT2D eigenvalue weighted by Crippen LogP contribution is -2.40. The number of benzene rings is 2. The first-order valence-corrected chi connectivity index (χ1v) is 12.5. The minimum absolute atomic E-state index is 0.0161. The number of unbranched alkanes of at least 4 members (excludes halogenated alkanes) is 4. The number of carbonyl (C=O) groups is 1. The molecule has 178 valence electrons. The third-order valence-corrected chi connectivity index (χ3v) is 6.27. The van der Waals surface area contributed by atoms with Crippen molar-refractivity contribution in [3.63, 3.8) is 0 Å². The lowest BCUT2D eigenvalue weighted by molar-refractivity contribution is -0.123. The van der Waals surface area contributed by atoms with Crippen molar-refractivity contribution in [1.82, 2.24) is 15.6 Å². The number of aromatic nitrogens is 1. The molecule has 1 aromatic heterocycles. The number of carbonyl (C=O) groups excluding carboxylic acids is 1. The number of hydrogen-bond acceptors (Lipinski definition) is 3. The van der Waals surface area contributed by atoms with E-state index in [1.54, 1.807) is 0 Å². The van der Waals surface area contributed by atoms with E-state index < -0.39 is 0 Å². The van der Waals surface area contributed by atoms with E-state index in [-0.39, 0.29) is 18.1 Å². The molecule has 4 rings (SSSR count). The van der Waals surface area contributed by atoms with Gasteiger partial charge in [0.2, 0.25) is 5.91 Å². The maximum absolute atomic E-state index is 12.6. The summed E-state index contributed by atoms with van der Waals surface area (Å²) in [5.74, 6) is 6.53. The number of hydrogen-bond donors (Lipinski definition) is 3. The van der Waals surface area contributed by atoms with E-state index in [4.69, 9.17) is 4.74 Å². The van der Waals surface area contributed by atoms with Crippen LogP contribution >= 0.6 is 0 Å². The van der Waals surface area contributed by atoms with Crippen LogP contribution in [0.15, 0.2) is 54.6 Å². The van der Waals surface area contributed by atoms with E-state index in [2.05, 4.69) is 70.8 Å². The van der Waals surface area contributed by atoms with E-state index in [1.165, 1.54) is 25.7 Å². The molecule has 1 amide bonds. The maximum Gasteiger partial charge on any atom is 0.237 e. The van der Waals surface area contributed by atoms with Crippen molar-refractivity contribution in [3.8, 4) is 11.8 Å². The van der Waals surface area contributed by atoms with Crippen LogP contribution in [0, 0.1) is 11.8 Å². The average Bonchev–Trinajstić information content (AvgIpc) is 3.51.